The number of para-hydroxylation sites is 1. The number of rotatable bonds is 1. The van der Waals surface area contributed by atoms with E-state index in [-0.39, 0.29) is 0 Å². The zero-order valence-electron chi connectivity index (χ0n) is 6.05. The van der Waals surface area contributed by atoms with E-state index in [1.165, 1.54) is 0 Å². The zero-order valence-corrected chi connectivity index (χ0v) is 6.05. The van der Waals surface area contributed by atoms with Crippen molar-refractivity contribution in [3.63, 3.8) is 0 Å². The number of halogens is 1. The fraction of sp³-hybridized carbons (Fsp3) is 0.222. The average Bonchev–Trinajstić information content (AvgIpc) is 2.46. The number of fused-ring (bicyclic) bond motifs is 1. The molecule has 0 N–H and O–H groups in total. The van der Waals surface area contributed by atoms with Gasteiger partial charge in [-0.1, -0.05) is 18.2 Å². The van der Waals surface area contributed by atoms with Crippen molar-refractivity contribution in [1.29, 1.82) is 0 Å². The summed E-state index contributed by atoms with van der Waals surface area (Å²) in [4.78, 5) is 4.11. The summed E-state index contributed by atoms with van der Waals surface area (Å²) >= 11 is 0. The van der Waals surface area contributed by atoms with Gasteiger partial charge in [0.15, 0.2) is 0 Å². The third-order valence-corrected chi connectivity index (χ3v) is 1.82. The maximum Gasteiger partial charge on any atom is 0.128 e. The van der Waals surface area contributed by atoms with E-state index in [0.29, 0.717) is 12.1 Å². The molecule has 0 bridgehead atoms. The maximum absolute atomic E-state index is 12.1. The zero-order chi connectivity index (χ0) is 7.68. The molecule has 0 amide bonds. The first-order valence-electron chi connectivity index (χ1n) is 3.60. The van der Waals surface area contributed by atoms with Gasteiger partial charge in [0.25, 0.3) is 0 Å². The molecular weight excluding hydrogens is 141 g/mol. The predicted octanol–water partition coefficient (Wildman–Crippen LogP) is 2.28. The molecule has 2 heteroatoms. The van der Waals surface area contributed by atoms with Crippen LogP contribution < -0.4 is 0 Å². The van der Waals surface area contributed by atoms with Crippen LogP contribution in [0.25, 0.3) is 0 Å². The van der Waals surface area contributed by atoms with E-state index in [1.807, 2.05) is 24.3 Å². The molecule has 0 saturated carbocycles. The third kappa shape index (κ3) is 1.04. The lowest BCUT2D eigenvalue weighted by molar-refractivity contribution is 0.579. The summed E-state index contributed by atoms with van der Waals surface area (Å²) in [6, 6.07) is 7.78. The van der Waals surface area contributed by atoms with Crippen molar-refractivity contribution in [3.05, 3.63) is 29.8 Å². The van der Waals surface area contributed by atoms with Crippen LogP contribution >= 0.6 is 0 Å². The van der Waals surface area contributed by atoms with Gasteiger partial charge in [-0.15, -0.1) is 0 Å². The SMILES string of the molecule is FCC1=Nc2ccccc2C1. The Morgan fingerprint density at radius 3 is 2.91 bits per heavy atom. The van der Waals surface area contributed by atoms with Gasteiger partial charge in [0, 0.05) is 6.42 Å². The van der Waals surface area contributed by atoms with Crippen molar-refractivity contribution in [2.24, 2.45) is 4.99 Å². The van der Waals surface area contributed by atoms with Crippen LogP contribution in [0.2, 0.25) is 0 Å². The van der Waals surface area contributed by atoms with E-state index in [0.717, 1.165) is 11.3 Å². The number of benzene rings is 1. The maximum atomic E-state index is 12.1. The fourth-order valence-corrected chi connectivity index (χ4v) is 1.28. The van der Waals surface area contributed by atoms with Gasteiger partial charge in [-0.05, 0) is 11.6 Å². The Morgan fingerprint density at radius 1 is 1.36 bits per heavy atom. The normalized spacial score (nSPS) is 14.5. The summed E-state index contributed by atoms with van der Waals surface area (Å²) in [5, 5.41) is 0. The van der Waals surface area contributed by atoms with Crippen LogP contribution in [0.15, 0.2) is 29.3 Å². The van der Waals surface area contributed by atoms with Crippen LogP contribution in [0.1, 0.15) is 5.56 Å². The lowest BCUT2D eigenvalue weighted by atomic mass is 10.1. The summed E-state index contributed by atoms with van der Waals surface area (Å²) < 4.78 is 12.1. The van der Waals surface area contributed by atoms with Gasteiger partial charge in [0.1, 0.15) is 6.67 Å². The Morgan fingerprint density at radius 2 is 2.18 bits per heavy atom. The number of hydrogen-bond acceptors (Lipinski definition) is 1. The van der Waals surface area contributed by atoms with Gasteiger partial charge >= 0.3 is 0 Å². The topological polar surface area (TPSA) is 12.4 Å². The molecule has 11 heavy (non-hydrogen) atoms. The van der Waals surface area contributed by atoms with Crippen LogP contribution in [-0.2, 0) is 6.42 Å². The first kappa shape index (κ1) is 6.53. The van der Waals surface area contributed by atoms with Gasteiger partial charge in [-0.25, -0.2) is 4.39 Å². The fourth-order valence-electron chi connectivity index (χ4n) is 1.28. The van der Waals surface area contributed by atoms with Crippen LogP contribution in [0.5, 0.6) is 0 Å². The monoisotopic (exact) mass is 149 g/mol. The van der Waals surface area contributed by atoms with Crippen LogP contribution in [-0.4, -0.2) is 12.4 Å². The summed E-state index contributed by atoms with van der Waals surface area (Å²) in [5.41, 5.74) is 2.71. The van der Waals surface area contributed by atoms with Gasteiger partial charge < -0.3 is 0 Å². The summed E-state index contributed by atoms with van der Waals surface area (Å²) in [6.45, 7) is -0.422. The second kappa shape index (κ2) is 2.46. The van der Waals surface area contributed by atoms with Gasteiger partial charge in [-0.3, -0.25) is 4.99 Å². The first-order chi connectivity index (χ1) is 5.40. The molecule has 0 spiro atoms. The summed E-state index contributed by atoms with van der Waals surface area (Å²) in [6.07, 6.45) is 0.687. The quantitative estimate of drug-likeness (QED) is 0.581. The second-order valence-electron chi connectivity index (χ2n) is 2.62. The Hall–Kier alpha value is -1.18. The van der Waals surface area contributed by atoms with Crippen molar-refractivity contribution in [3.8, 4) is 0 Å². The first-order valence-corrected chi connectivity index (χ1v) is 3.60. The Kier molecular flexibility index (Phi) is 1.46. The Labute approximate surface area is 64.6 Å². The third-order valence-electron chi connectivity index (χ3n) is 1.82. The minimum atomic E-state index is -0.422. The van der Waals surface area contributed by atoms with E-state index in [2.05, 4.69) is 4.99 Å². The Bertz CT molecular complexity index is 304. The highest BCUT2D eigenvalue weighted by atomic mass is 19.1. The molecule has 0 saturated heterocycles. The van der Waals surface area contributed by atoms with Gasteiger partial charge in [0.05, 0.1) is 11.4 Å². The second-order valence-corrected chi connectivity index (χ2v) is 2.62. The molecule has 1 heterocycles. The smallest absolute Gasteiger partial charge is 0.128 e. The van der Waals surface area contributed by atoms with Gasteiger partial charge in [0.2, 0.25) is 0 Å². The molecule has 1 aromatic carbocycles. The van der Waals surface area contributed by atoms with Crippen LogP contribution in [0, 0.1) is 0 Å². The number of nitrogens with zero attached hydrogens (tertiary/aromatic N) is 1. The molecule has 2 rings (SSSR count). The van der Waals surface area contributed by atoms with Gasteiger partial charge in [-0.2, -0.15) is 0 Å². The summed E-state index contributed by atoms with van der Waals surface area (Å²) in [7, 11) is 0. The van der Waals surface area contributed by atoms with E-state index < -0.39 is 6.67 Å². The highest BCUT2D eigenvalue weighted by Crippen LogP contribution is 2.25. The molecule has 0 aliphatic carbocycles. The highest BCUT2D eigenvalue weighted by Gasteiger charge is 2.12. The van der Waals surface area contributed by atoms with Crippen LogP contribution in [0.3, 0.4) is 0 Å². The standard InChI is InChI=1S/C9H8FN/c10-6-8-5-7-3-1-2-4-9(7)11-8/h1-4H,5-6H2. The van der Waals surface area contributed by atoms with Crippen molar-refractivity contribution >= 4 is 11.4 Å². The molecule has 0 atom stereocenters. The minimum absolute atomic E-state index is 0.422. The van der Waals surface area contributed by atoms with E-state index in [9.17, 15) is 4.39 Å². The molecule has 0 unspecified atom stereocenters. The van der Waals surface area contributed by atoms with Crippen LogP contribution in [0.4, 0.5) is 10.1 Å². The van der Waals surface area contributed by atoms with E-state index >= 15 is 0 Å². The molecule has 0 aromatic heterocycles. The van der Waals surface area contributed by atoms with E-state index in [1.54, 1.807) is 0 Å². The van der Waals surface area contributed by atoms with Crippen molar-refractivity contribution < 1.29 is 4.39 Å². The summed E-state index contributed by atoms with van der Waals surface area (Å²) in [5.74, 6) is 0. The molecule has 0 radical (unpaired) electrons. The van der Waals surface area contributed by atoms with Crippen molar-refractivity contribution in [2.45, 2.75) is 6.42 Å². The molecule has 56 valence electrons. The largest absolute Gasteiger partial charge is 0.254 e. The predicted molar refractivity (Wildman–Crippen MR) is 43.2 cm³/mol. The van der Waals surface area contributed by atoms with Crippen molar-refractivity contribution in [2.75, 3.05) is 6.67 Å². The highest BCUT2D eigenvalue weighted by molar-refractivity contribution is 5.94. The molecular formula is C9H8FN. The molecule has 1 aliphatic heterocycles. The lowest BCUT2D eigenvalue weighted by Crippen LogP contribution is -1.98. The molecule has 1 aromatic rings. The average molecular weight is 149 g/mol. The van der Waals surface area contributed by atoms with E-state index in [4.69, 9.17) is 0 Å². The molecule has 0 fully saturated rings. The number of alkyl halides is 1. The van der Waals surface area contributed by atoms with Crippen molar-refractivity contribution in [1.82, 2.24) is 0 Å². The lowest BCUT2D eigenvalue weighted by Gasteiger charge is -1.91. The molecule has 1 nitrogen and oxygen atoms in total. The molecule has 1 aliphatic rings. The number of aliphatic imine (C=N–C) groups is 1. The minimum Gasteiger partial charge on any atom is -0.254 e. The number of hydrogen-bond donors (Lipinski definition) is 0. The Balaban J connectivity index is 2.39.